The highest BCUT2D eigenvalue weighted by Gasteiger charge is 2.18. The van der Waals surface area contributed by atoms with E-state index in [2.05, 4.69) is 15.4 Å². The minimum absolute atomic E-state index is 0.261. The van der Waals surface area contributed by atoms with Gasteiger partial charge in [-0.15, -0.1) is 0 Å². The zero-order valence-electron chi connectivity index (χ0n) is 15.8. The van der Waals surface area contributed by atoms with E-state index in [0.717, 1.165) is 11.3 Å². The molecule has 0 fully saturated rings. The van der Waals surface area contributed by atoms with Gasteiger partial charge in [0.1, 0.15) is 5.82 Å². The molecule has 0 bridgehead atoms. The maximum absolute atomic E-state index is 12.9. The predicted octanol–water partition coefficient (Wildman–Crippen LogP) is 2.91. The van der Waals surface area contributed by atoms with E-state index in [9.17, 15) is 9.59 Å². The molecule has 2 aromatic heterocycles. The normalized spacial score (nSPS) is 10.8. The monoisotopic (exact) mass is 385 g/mol. The van der Waals surface area contributed by atoms with E-state index in [4.69, 9.17) is 5.73 Å². The molecule has 0 aliphatic carbocycles. The van der Waals surface area contributed by atoms with E-state index in [0.29, 0.717) is 28.5 Å². The number of hydrogen-bond donors (Lipinski definition) is 2. The average molecular weight is 385 g/mol. The Morgan fingerprint density at radius 1 is 1.03 bits per heavy atom. The van der Waals surface area contributed by atoms with Crippen molar-refractivity contribution in [3.8, 4) is 0 Å². The van der Waals surface area contributed by atoms with Crippen molar-refractivity contribution in [2.75, 3.05) is 5.32 Å². The molecule has 0 aliphatic heterocycles. The Hall–Kier alpha value is -4.00. The Labute approximate surface area is 167 Å². The maximum atomic E-state index is 12.9. The zero-order chi connectivity index (χ0) is 20.4. The Bertz CT molecular complexity index is 1210. The number of fused-ring (bicyclic) bond motifs is 1. The summed E-state index contributed by atoms with van der Waals surface area (Å²) in [5, 5.41) is 7.65. The number of carbonyl (C=O) groups excluding carboxylic acids is 2. The van der Waals surface area contributed by atoms with Crippen LogP contribution in [0.1, 0.15) is 32.0 Å². The van der Waals surface area contributed by atoms with Gasteiger partial charge in [0.05, 0.1) is 28.5 Å². The van der Waals surface area contributed by atoms with E-state index in [1.165, 1.54) is 12.3 Å². The Morgan fingerprint density at radius 3 is 2.52 bits per heavy atom. The van der Waals surface area contributed by atoms with Gasteiger partial charge >= 0.3 is 0 Å². The minimum atomic E-state index is -0.578. The smallest absolute Gasteiger partial charge is 0.260 e. The summed E-state index contributed by atoms with van der Waals surface area (Å²) in [6, 6.07) is 18.5. The lowest BCUT2D eigenvalue weighted by Crippen LogP contribution is -2.17. The van der Waals surface area contributed by atoms with E-state index in [1.807, 2.05) is 36.4 Å². The summed E-state index contributed by atoms with van der Waals surface area (Å²) in [5.41, 5.74) is 8.70. The predicted molar refractivity (Wildman–Crippen MR) is 111 cm³/mol. The van der Waals surface area contributed by atoms with Crippen molar-refractivity contribution in [1.29, 1.82) is 0 Å². The molecule has 0 atom stereocenters. The molecule has 0 radical (unpaired) electrons. The summed E-state index contributed by atoms with van der Waals surface area (Å²) >= 11 is 0. The van der Waals surface area contributed by atoms with Gasteiger partial charge in [-0.25, -0.2) is 4.98 Å². The first-order chi connectivity index (χ1) is 14.0. The first kappa shape index (κ1) is 18.4. The average Bonchev–Trinajstić information content (AvgIpc) is 3.08. The maximum Gasteiger partial charge on any atom is 0.260 e. The van der Waals surface area contributed by atoms with Crippen molar-refractivity contribution in [3.63, 3.8) is 0 Å². The third-order valence-corrected chi connectivity index (χ3v) is 4.74. The van der Waals surface area contributed by atoms with Gasteiger partial charge in [-0.1, -0.05) is 48.5 Å². The molecule has 0 aliphatic rings. The summed E-state index contributed by atoms with van der Waals surface area (Å²) in [4.78, 5) is 29.2. The lowest BCUT2D eigenvalue weighted by Gasteiger charge is -2.10. The van der Waals surface area contributed by atoms with Crippen molar-refractivity contribution in [2.45, 2.75) is 6.42 Å². The fourth-order valence-corrected chi connectivity index (χ4v) is 3.28. The molecule has 0 spiro atoms. The molecule has 2 amide bonds. The van der Waals surface area contributed by atoms with Gasteiger partial charge in [-0.2, -0.15) is 5.10 Å². The van der Waals surface area contributed by atoms with Crippen molar-refractivity contribution in [3.05, 3.63) is 89.2 Å². The van der Waals surface area contributed by atoms with Gasteiger partial charge in [-0.3, -0.25) is 14.3 Å². The van der Waals surface area contributed by atoms with Crippen LogP contribution in [0.3, 0.4) is 0 Å². The fraction of sp³-hybridized carbons (Fsp3) is 0.0909. The second kappa shape index (κ2) is 7.55. The molecule has 2 heterocycles. The van der Waals surface area contributed by atoms with Crippen LogP contribution in [0.2, 0.25) is 0 Å². The zero-order valence-corrected chi connectivity index (χ0v) is 15.8. The number of aromatic nitrogens is 3. The summed E-state index contributed by atoms with van der Waals surface area (Å²) in [7, 11) is 1.80. The van der Waals surface area contributed by atoms with Crippen molar-refractivity contribution >= 4 is 28.5 Å². The molecule has 7 nitrogen and oxygen atoms in total. The van der Waals surface area contributed by atoms with Gasteiger partial charge in [0.2, 0.25) is 5.91 Å². The Morgan fingerprint density at radius 2 is 1.76 bits per heavy atom. The second-order valence-electron chi connectivity index (χ2n) is 6.68. The lowest BCUT2D eigenvalue weighted by atomic mass is 10.1. The van der Waals surface area contributed by atoms with Crippen molar-refractivity contribution < 1.29 is 9.59 Å². The van der Waals surface area contributed by atoms with Gasteiger partial charge < -0.3 is 11.1 Å². The molecular formula is C22H19N5O2. The number of aryl methyl sites for hydroxylation is 1. The summed E-state index contributed by atoms with van der Waals surface area (Å²) in [5.74, 6) is -0.663. The third-order valence-electron chi connectivity index (χ3n) is 4.74. The first-order valence-corrected chi connectivity index (χ1v) is 9.08. The first-order valence-electron chi connectivity index (χ1n) is 9.08. The van der Waals surface area contributed by atoms with Crippen LogP contribution < -0.4 is 11.1 Å². The number of para-hydroxylation sites is 1. The number of primary amides is 1. The largest absolute Gasteiger partial charge is 0.366 e. The Kier molecular flexibility index (Phi) is 4.78. The van der Waals surface area contributed by atoms with Crippen LogP contribution in [0.15, 0.2) is 66.9 Å². The van der Waals surface area contributed by atoms with E-state index >= 15 is 0 Å². The molecule has 0 saturated heterocycles. The minimum Gasteiger partial charge on any atom is -0.366 e. The highest BCUT2D eigenvalue weighted by atomic mass is 16.2. The summed E-state index contributed by atoms with van der Waals surface area (Å²) in [6.07, 6.45) is 2.10. The van der Waals surface area contributed by atoms with Crippen molar-refractivity contribution in [1.82, 2.24) is 14.8 Å². The number of rotatable bonds is 5. The van der Waals surface area contributed by atoms with Gasteiger partial charge in [0.25, 0.3) is 5.91 Å². The van der Waals surface area contributed by atoms with Crippen molar-refractivity contribution in [2.24, 2.45) is 12.8 Å². The lowest BCUT2D eigenvalue weighted by molar-refractivity contribution is 0.0997. The number of nitrogens with two attached hydrogens (primary N) is 1. The van der Waals surface area contributed by atoms with Gasteiger partial charge in [-0.05, 0) is 17.7 Å². The van der Waals surface area contributed by atoms with E-state index < -0.39 is 5.91 Å². The van der Waals surface area contributed by atoms with Gasteiger partial charge in [0, 0.05) is 18.9 Å². The number of anilines is 1. The van der Waals surface area contributed by atoms with Gasteiger partial charge in [0.15, 0.2) is 0 Å². The number of hydrogen-bond acceptors (Lipinski definition) is 4. The van der Waals surface area contributed by atoms with E-state index in [1.54, 1.807) is 29.9 Å². The van der Waals surface area contributed by atoms with Crippen LogP contribution in [0.4, 0.5) is 5.82 Å². The topological polar surface area (TPSA) is 103 Å². The molecular weight excluding hydrogens is 366 g/mol. The van der Waals surface area contributed by atoms with Crippen LogP contribution in [0.5, 0.6) is 0 Å². The van der Waals surface area contributed by atoms with Crippen LogP contribution in [0.25, 0.3) is 10.9 Å². The summed E-state index contributed by atoms with van der Waals surface area (Å²) < 4.78 is 1.69. The molecule has 144 valence electrons. The fourth-order valence-electron chi connectivity index (χ4n) is 3.28. The van der Waals surface area contributed by atoms with Crippen LogP contribution in [-0.4, -0.2) is 26.6 Å². The Balaban J connectivity index is 1.66. The molecule has 4 rings (SSSR count). The van der Waals surface area contributed by atoms with Crippen LogP contribution >= 0.6 is 0 Å². The number of nitrogens with zero attached hydrogens (tertiary/aromatic N) is 3. The molecule has 2 aromatic carbocycles. The number of carbonyl (C=O) groups is 2. The van der Waals surface area contributed by atoms with E-state index in [-0.39, 0.29) is 11.7 Å². The number of nitrogens with one attached hydrogen (secondary N) is 1. The summed E-state index contributed by atoms with van der Waals surface area (Å²) in [6.45, 7) is 0. The quantitative estimate of drug-likeness (QED) is 0.551. The van der Waals surface area contributed by atoms with Crippen LogP contribution in [-0.2, 0) is 13.5 Å². The highest BCUT2D eigenvalue weighted by molar-refractivity contribution is 6.09. The molecule has 3 N–H and O–H groups in total. The highest BCUT2D eigenvalue weighted by Crippen LogP contribution is 2.22. The van der Waals surface area contributed by atoms with Crippen LogP contribution in [0, 0.1) is 0 Å². The molecule has 4 aromatic rings. The number of pyridine rings is 1. The molecule has 0 saturated carbocycles. The number of amides is 2. The molecule has 29 heavy (non-hydrogen) atoms. The second-order valence-corrected chi connectivity index (χ2v) is 6.68. The molecule has 0 unspecified atom stereocenters. The number of benzene rings is 2. The standard InChI is InChI=1S/C22H19N5O2/c1-27-19(11-14-7-3-2-4-8-14)17(13-24-27)22(29)26-20-12-16(21(23)28)15-9-5-6-10-18(15)25-20/h2-10,12-13H,11H2,1H3,(H2,23,28)(H,25,26,29). The third kappa shape index (κ3) is 3.70. The molecule has 7 heteroatoms. The SMILES string of the molecule is Cn1ncc(C(=O)Nc2cc(C(N)=O)c3ccccc3n2)c1Cc1ccccc1.